The second kappa shape index (κ2) is 5.85. The summed E-state index contributed by atoms with van der Waals surface area (Å²) in [4.78, 5) is 11.6. The van der Waals surface area contributed by atoms with Gasteiger partial charge in [-0.25, -0.2) is 0 Å². The number of alkyl halides is 1. The Morgan fingerprint density at radius 3 is 2.53 bits per heavy atom. The van der Waals surface area contributed by atoms with E-state index in [1.165, 1.54) is 0 Å². The summed E-state index contributed by atoms with van der Waals surface area (Å²) in [5.41, 5.74) is -0.357. The van der Waals surface area contributed by atoms with Crippen LogP contribution >= 0.6 is 22.6 Å². The highest BCUT2D eigenvalue weighted by Gasteiger charge is 2.46. The van der Waals surface area contributed by atoms with Crippen LogP contribution < -0.4 is 0 Å². The van der Waals surface area contributed by atoms with Crippen molar-refractivity contribution in [2.24, 2.45) is 11.8 Å². The topological polar surface area (TPSA) is 44.8 Å². The largest absolute Gasteiger partial charge is 0.458 e. The SMILES string of the molecule is CC1CC(=O)OC(C)(CI)[C@@H]1CCC1(C)OCCO1. The summed E-state index contributed by atoms with van der Waals surface area (Å²) in [7, 11) is 0. The van der Waals surface area contributed by atoms with Crippen molar-refractivity contribution in [1.29, 1.82) is 0 Å². The minimum Gasteiger partial charge on any atom is -0.458 e. The molecule has 4 nitrogen and oxygen atoms in total. The maximum Gasteiger partial charge on any atom is 0.306 e. The fourth-order valence-electron chi connectivity index (χ4n) is 3.22. The Hall–Kier alpha value is 0.120. The lowest BCUT2D eigenvalue weighted by atomic mass is 9.74. The van der Waals surface area contributed by atoms with Crippen LogP contribution in [0.15, 0.2) is 0 Å². The third kappa shape index (κ3) is 3.42. The molecule has 2 fully saturated rings. The monoisotopic (exact) mass is 382 g/mol. The lowest BCUT2D eigenvalue weighted by Gasteiger charge is -2.44. The molecule has 0 N–H and O–H groups in total. The predicted octanol–water partition coefficient (Wildman–Crippen LogP) is 2.92. The van der Waals surface area contributed by atoms with Gasteiger partial charge >= 0.3 is 5.97 Å². The first-order valence-corrected chi connectivity index (χ1v) is 8.47. The zero-order valence-electron chi connectivity index (χ0n) is 11.9. The standard InChI is InChI=1S/C14H23IO4/c1-10-8-12(16)19-13(2,9-15)11(10)4-5-14(3)17-6-7-18-14/h10-11H,4-9H2,1-3H3/t10?,11-,13?/m1/s1. The first kappa shape index (κ1) is 15.5. The van der Waals surface area contributed by atoms with Crippen LogP contribution in [0.5, 0.6) is 0 Å². The molecular formula is C14H23IO4. The van der Waals surface area contributed by atoms with Gasteiger partial charge in [0.2, 0.25) is 0 Å². The Kier molecular flexibility index (Phi) is 4.78. The summed E-state index contributed by atoms with van der Waals surface area (Å²) in [5, 5.41) is 0. The Morgan fingerprint density at radius 2 is 1.95 bits per heavy atom. The van der Waals surface area contributed by atoms with Crippen molar-refractivity contribution in [3.63, 3.8) is 0 Å². The maximum atomic E-state index is 11.6. The van der Waals surface area contributed by atoms with Gasteiger partial charge in [0.15, 0.2) is 5.79 Å². The normalized spacial score (nSPS) is 38.2. The van der Waals surface area contributed by atoms with E-state index in [0.29, 0.717) is 31.5 Å². The molecule has 2 saturated heterocycles. The second-order valence-corrected chi connectivity index (χ2v) is 6.84. The van der Waals surface area contributed by atoms with E-state index >= 15 is 0 Å². The zero-order valence-corrected chi connectivity index (χ0v) is 14.1. The molecule has 110 valence electrons. The van der Waals surface area contributed by atoms with Gasteiger partial charge in [-0.3, -0.25) is 4.79 Å². The molecule has 0 bridgehead atoms. The summed E-state index contributed by atoms with van der Waals surface area (Å²) in [6.45, 7) is 7.55. The molecule has 0 amide bonds. The molecule has 5 heteroatoms. The zero-order chi connectivity index (χ0) is 14.1. The fraction of sp³-hybridized carbons (Fsp3) is 0.929. The van der Waals surface area contributed by atoms with Crippen LogP contribution in [-0.4, -0.2) is 35.0 Å². The number of hydrogen-bond donors (Lipinski definition) is 0. The van der Waals surface area contributed by atoms with Gasteiger partial charge in [-0.2, -0.15) is 0 Å². The summed E-state index contributed by atoms with van der Waals surface area (Å²) in [5.74, 6) is 0.202. The molecular weight excluding hydrogens is 359 g/mol. The first-order chi connectivity index (χ1) is 8.88. The number of halogens is 1. The van der Waals surface area contributed by atoms with E-state index in [2.05, 4.69) is 36.4 Å². The number of carbonyl (C=O) groups excluding carboxylic acids is 1. The smallest absolute Gasteiger partial charge is 0.306 e. The van der Waals surface area contributed by atoms with E-state index in [9.17, 15) is 4.79 Å². The summed E-state index contributed by atoms with van der Waals surface area (Å²) < 4.78 is 17.8. The van der Waals surface area contributed by atoms with Gasteiger partial charge in [-0.15, -0.1) is 0 Å². The van der Waals surface area contributed by atoms with Crippen molar-refractivity contribution in [3.8, 4) is 0 Å². The molecule has 2 heterocycles. The van der Waals surface area contributed by atoms with Gasteiger partial charge in [0.25, 0.3) is 0 Å². The van der Waals surface area contributed by atoms with Crippen molar-refractivity contribution in [2.45, 2.75) is 51.4 Å². The van der Waals surface area contributed by atoms with Crippen LogP contribution in [0.1, 0.15) is 40.0 Å². The molecule has 0 aromatic rings. The number of cyclic esters (lactones) is 1. The predicted molar refractivity (Wildman–Crippen MR) is 80.2 cm³/mol. The molecule has 2 aliphatic heterocycles. The van der Waals surface area contributed by atoms with E-state index in [1.807, 2.05) is 6.92 Å². The molecule has 2 unspecified atom stereocenters. The van der Waals surface area contributed by atoms with E-state index < -0.39 is 5.79 Å². The van der Waals surface area contributed by atoms with Gasteiger partial charge < -0.3 is 14.2 Å². The van der Waals surface area contributed by atoms with E-state index in [0.717, 1.165) is 17.3 Å². The molecule has 0 saturated carbocycles. The highest BCUT2D eigenvalue weighted by molar-refractivity contribution is 14.1. The van der Waals surface area contributed by atoms with Crippen molar-refractivity contribution in [1.82, 2.24) is 0 Å². The van der Waals surface area contributed by atoms with Crippen molar-refractivity contribution in [2.75, 3.05) is 17.6 Å². The lowest BCUT2D eigenvalue weighted by molar-refractivity contribution is -0.181. The molecule has 3 atom stereocenters. The Labute approximate surface area is 128 Å². The van der Waals surface area contributed by atoms with Gasteiger partial charge in [0, 0.05) is 23.2 Å². The van der Waals surface area contributed by atoms with Gasteiger partial charge in [-0.05, 0) is 26.2 Å². The van der Waals surface area contributed by atoms with Crippen LogP contribution in [0.2, 0.25) is 0 Å². The minimum atomic E-state index is -0.451. The van der Waals surface area contributed by atoms with Crippen molar-refractivity contribution >= 4 is 28.6 Å². The molecule has 0 spiro atoms. The first-order valence-electron chi connectivity index (χ1n) is 6.94. The summed E-state index contributed by atoms with van der Waals surface area (Å²) in [6.07, 6.45) is 2.34. The van der Waals surface area contributed by atoms with Crippen LogP contribution in [0.4, 0.5) is 0 Å². The molecule has 2 aliphatic rings. The Balaban J connectivity index is 2.01. The number of ether oxygens (including phenoxy) is 3. The van der Waals surface area contributed by atoms with Crippen LogP contribution in [0, 0.1) is 11.8 Å². The van der Waals surface area contributed by atoms with Crippen LogP contribution in [0.3, 0.4) is 0 Å². The third-order valence-corrected chi connectivity index (χ3v) is 5.89. The minimum absolute atomic E-state index is 0.0671. The Morgan fingerprint density at radius 1 is 1.32 bits per heavy atom. The average molecular weight is 382 g/mol. The molecule has 19 heavy (non-hydrogen) atoms. The van der Waals surface area contributed by atoms with E-state index in [4.69, 9.17) is 14.2 Å². The highest BCUT2D eigenvalue weighted by atomic mass is 127. The molecule has 2 rings (SSSR count). The Bertz CT molecular complexity index is 340. The van der Waals surface area contributed by atoms with Crippen molar-refractivity contribution in [3.05, 3.63) is 0 Å². The number of hydrogen-bond acceptors (Lipinski definition) is 4. The van der Waals surface area contributed by atoms with Gasteiger partial charge in [-0.1, -0.05) is 29.5 Å². The van der Waals surface area contributed by atoms with E-state index in [-0.39, 0.29) is 11.6 Å². The molecule has 0 aromatic carbocycles. The number of esters is 1. The lowest BCUT2D eigenvalue weighted by Crippen LogP contribution is -2.49. The summed E-state index contributed by atoms with van der Waals surface area (Å²) >= 11 is 2.31. The molecule has 0 aromatic heterocycles. The second-order valence-electron chi connectivity index (χ2n) is 6.08. The van der Waals surface area contributed by atoms with Crippen LogP contribution in [0.25, 0.3) is 0 Å². The number of carbonyl (C=O) groups is 1. The maximum absolute atomic E-state index is 11.6. The van der Waals surface area contributed by atoms with Crippen molar-refractivity contribution < 1.29 is 19.0 Å². The van der Waals surface area contributed by atoms with E-state index in [1.54, 1.807) is 0 Å². The quantitative estimate of drug-likeness (QED) is 0.426. The summed E-state index contributed by atoms with van der Waals surface area (Å²) in [6, 6.07) is 0. The molecule has 0 radical (unpaired) electrons. The fourth-order valence-corrected chi connectivity index (χ4v) is 3.94. The third-order valence-electron chi connectivity index (χ3n) is 4.38. The van der Waals surface area contributed by atoms with Crippen LogP contribution in [-0.2, 0) is 19.0 Å². The average Bonchev–Trinajstić information content (AvgIpc) is 2.75. The number of rotatable bonds is 4. The van der Waals surface area contributed by atoms with Gasteiger partial charge in [0.1, 0.15) is 5.60 Å². The molecule has 0 aliphatic carbocycles. The highest BCUT2D eigenvalue weighted by Crippen LogP contribution is 2.41. The van der Waals surface area contributed by atoms with Gasteiger partial charge in [0.05, 0.1) is 13.2 Å².